The van der Waals surface area contributed by atoms with Gasteiger partial charge >= 0.3 is 5.97 Å². The first-order valence-electron chi connectivity index (χ1n) is 4.71. The zero-order valence-corrected chi connectivity index (χ0v) is 10.4. The van der Waals surface area contributed by atoms with Crippen LogP contribution in [0.4, 0.5) is 0 Å². The third-order valence-corrected chi connectivity index (χ3v) is 2.22. The van der Waals surface area contributed by atoms with Gasteiger partial charge in [0.05, 0.1) is 6.61 Å². The van der Waals surface area contributed by atoms with Gasteiger partial charge in [0.25, 0.3) is 0 Å². The van der Waals surface area contributed by atoms with Crippen LogP contribution in [0.2, 0.25) is 0 Å². The first-order valence-corrected chi connectivity index (χ1v) is 5.62. The highest BCUT2D eigenvalue weighted by Gasteiger charge is 2.27. The average molecular weight is 269 g/mol. The summed E-state index contributed by atoms with van der Waals surface area (Å²) in [7, 11) is 0. The maximum Gasteiger partial charge on any atom is 0.324 e. The normalized spacial score (nSPS) is 12.9. The van der Waals surface area contributed by atoms with E-state index in [0.717, 1.165) is 0 Å². The van der Waals surface area contributed by atoms with Crippen LogP contribution in [0.25, 0.3) is 0 Å². The second kappa shape index (κ2) is 8.20. The number of halogens is 1. The topological polar surface area (TPSA) is 44.8 Å². The van der Waals surface area contributed by atoms with Crippen LogP contribution >= 0.6 is 15.9 Å². The maximum atomic E-state index is 11.3. The van der Waals surface area contributed by atoms with E-state index in [1.165, 1.54) is 0 Å². The predicted octanol–water partition coefficient (Wildman–Crippen LogP) is 1.71. The molecule has 0 saturated carbocycles. The fourth-order valence-corrected chi connectivity index (χ4v) is 1.32. The summed E-state index contributed by atoms with van der Waals surface area (Å²) in [6.07, 6.45) is -0.580. The molecule has 0 aromatic carbocycles. The number of carbonyl (C=O) groups is 1. The zero-order valence-electron chi connectivity index (χ0n) is 8.79. The Morgan fingerprint density at radius 1 is 1.14 bits per heavy atom. The monoisotopic (exact) mass is 268 g/mol. The molecule has 4 nitrogen and oxygen atoms in total. The highest BCUT2D eigenvalue weighted by Crippen LogP contribution is 2.13. The summed E-state index contributed by atoms with van der Waals surface area (Å²) in [6.45, 7) is 6.78. The first-order chi connectivity index (χ1) is 6.67. The minimum atomic E-state index is -0.580. The van der Waals surface area contributed by atoms with Crippen molar-refractivity contribution in [1.29, 1.82) is 0 Å². The van der Waals surface area contributed by atoms with Gasteiger partial charge in [0, 0.05) is 13.2 Å². The molecule has 0 N–H and O–H groups in total. The number of rotatable bonds is 7. The third-order valence-electron chi connectivity index (χ3n) is 1.41. The molecule has 0 aliphatic heterocycles. The quantitative estimate of drug-likeness (QED) is 0.401. The van der Waals surface area contributed by atoms with Gasteiger partial charge in [-0.1, -0.05) is 15.9 Å². The molecular formula is C9H17BrO4. The van der Waals surface area contributed by atoms with Gasteiger partial charge in [0.1, 0.15) is 0 Å². The summed E-state index contributed by atoms with van der Waals surface area (Å²) in [5.74, 6) is -0.362. The lowest BCUT2D eigenvalue weighted by molar-refractivity contribution is -0.164. The predicted molar refractivity (Wildman–Crippen MR) is 56.4 cm³/mol. The van der Waals surface area contributed by atoms with Crippen molar-refractivity contribution in [3.05, 3.63) is 0 Å². The molecule has 0 aromatic rings. The summed E-state index contributed by atoms with van der Waals surface area (Å²) in [5, 5.41) is 0. The van der Waals surface area contributed by atoms with Crippen LogP contribution in [-0.2, 0) is 19.0 Å². The number of carbonyl (C=O) groups excluding carboxylic acids is 1. The minimum absolute atomic E-state index is 0.353. The van der Waals surface area contributed by atoms with E-state index in [-0.39, 0.29) is 5.97 Å². The summed E-state index contributed by atoms with van der Waals surface area (Å²) in [5.41, 5.74) is 0. The lowest BCUT2D eigenvalue weighted by atomic mass is 10.4. The van der Waals surface area contributed by atoms with Crippen LogP contribution in [0.1, 0.15) is 20.8 Å². The molecule has 0 fully saturated rings. The van der Waals surface area contributed by atoms with E-state index in [9.17, 15) is 4.79 Å². The first kappa shape index (κ1) is 13.9. The number of ether oxygens (including phenoxy) is 3. The molecule has 84 valence electrons. The van der Waals surface area contributed by atoms with E-state index in [2.05, 4.69) is 15.9 Å². The van der Waals surface area contributed by atoms with Crippen molar-refractivity contribution < 1.29 is 19.0 Å². The second-order valence-electron chi connectivity index (χ2n) is 2.43. The van der Waals surface area contributed by atoms with Crippen LogP contribution in [0, 0.1) is 0 Å². The van der Waals surface area contributed by atoms with Crippen molar-refractivity contribution in [2.24, 2.45) is 0 Å². The Labute approximate surface area is 93.0 Å². The van der Waals surface area contributed by atoms with E-state index in [1.54, 1.807) is 6.92 Å². The van der Waals surface area contributed by atoms with Gasteiger partial charge in [-0.05, 0) is 20.8 Å². The van der Waals surface area contributed by atoms with Gasteiger partial charge < -0.3 is 14.2 Å². The van der Waals surface area contributed by atoms with Gasteiger partial charge in [-0.3, -0.25) is 4.79 Å². The van der Waals surface area contributed by atoms with Crippen LogP contribution in [-0.4, -0.2) is 36.9 Å². The van der Waals surface area contributed by atoms with Gasteiger partial charge in [-0.15, -0.1) is 0 Å². The van der Waals surface area contributed by atoms with Gasteiger partial charge in [-0.2, -0.15) is 0 Å². The van der Waals surface area contributed by atoms with Crippen molar-refractivity contribution in [3.8, 4) is 0 Å². The second-order valence-corrected chi connectivity index (χ2v) is 3.42. The molecule has 0 amide bonds. The van der Waals surface area contributed by atoms with Gasteiger partial charge in [0.2, 0.25) is 0 Å². The molecule has 0 bridgehead atoms. The lowest BCUT2D eigenvalue weighted by Crippen LogP contribution is -2.35. The molecule has 0 aromatic heterocycles. The fraction of sp³-hybridized carbons (Fsp3) is 0.889. The van der Waals surface area contributed by atoms with E-state index in [1.807, 2.05) is 13.8 Å². The highest BCUT2D eigenvalue weighted by molar-refractivity contribution is 9.10. The fourth-order valence-electron chi connectivity index (χ4n) is 0.879. The molecule has 1 unspecified atom stereocenters. The van der Waals surface area contributed by atoms with Gasteiger partial charge in [-0.25, -0.2) is 0 Å². The average Bonchev–Trinajstić information content (AvgIpc) is 2.17. The van der Waals surface area contributed by atoms with E-state index < -0.39 is 11.1 Å². The molecule has 0 rings (SSSR count). The Kier molecular flexibility index (Phi) is 8.12. The molecule has 1 atom stereocenters. The van der Waals surface area contributed by atoms with Crippen LogP contribution < -0.4 is 0 Å². The van der Waals surface area contributed by atoms with Crippen molar-refractivity contribution in [1.82, 2.24) is 0 Å². The Hall–Kier alpha value is -0.130. The smallest absolute Gasteiger partial charge is 0.324 e. The molecule has 0 heterocycles. The van der Waals surface area contributed by atoms with Gasteiger partial charge in [0.15, 0.2) is 11.1 Å². The number of hydrogen-bond donors (Lipinski definition) is 0. The van der Waals surface area contributed by atoms with E-state index in [4.69, 9.17) is 14.2 Å². The minimum Gasteiger partial charge on any atom is -0.465 e. The number of hydrogen-bond acceptors (Lipinski definition) is 4. The number of alkyl halides is 1. The Bertz CT molecular complexity index is 157. The molecule has 0 radical (unpaired) electrons. The van der Waals surface area contributed by atoms with Crippen molar-refractivity contribution in [3.63, 3.8) is 0 Å². The molecule has 0 aliphatic carbocycles. The Balaban J connectivity index is 4.11. The summed E-state index contributed by atoms with van der Waals surface area (Å²) in [4.78, 5) is 10.7. The summed E-state index contributed by atoms with van der Waals surface area (Å²) >= 11 is 3.19. The van der Waals surface area contributed by atoms with Crippen molar-refractivity contribution in [2.75, 3.05) is 19.8 Å². The van der Waals surface area contributed by atoms with Crippen LogP contribution in [0.15, 0.2) is 0 Å². The Morgan fingerprint density at radius 3 is 2.00 bits per heavy atom. The van der Waals surface area contributed by atoms with Crippen molar-refractivity contribution >= 4 is 21.9 Å². The lowest BCUT2D eigenvalue weighted by Gasteiger charge is -2.20. The SMILES string of the molecule is CCOC(=O)C(Br)C(OCC)OCC. The molecule has 0 spiro atoms. The van der Waals surface area contributed by atoms with Crippen LogP contribution in [0.5, 0.6) is 0 Å². The third kappa shape index (κ3) is 4.93. The number of esters is 1. The summed E-state index contributed by atoms with van der Waals surface area (Å²) in [6, 6.07) is 0. The molecule has 0 aliphatic rings. The molecular weight excluding hydrogens is 252 g/mol. The summed E-state index contributed by atoms with van der Waals surface area (Å²) < 4.78 is 15.3. The zero-order chi connectivity index (χ0) is 11.0. The highest BCUT2D eigenvalue weighted by atomic mass is 79.9. The Morgan fingerprint density at radius 2 is 1.64 bits per heavy atom. The van der Waals surface area contributed by atoms with Crippen LogP contribution in [0.3, 0.4) is 0 Å². The van der Waals surface area contributed by atoms with E-state index >= 15 is 0 Å². The molecule has 0 saturated heterocycles. The largest absolute Gasteiger partial charge is 0.465 e. The molecule has 5 heteroatoms. The van der Waals surface area contributed by atoms with Crippen molar-refractivity contribution in [2.45, 2.75) is 31.9 Å². The molecule has 14 heavy (non-hydrogen) atoms. The van der Waals surface area contributed by atoms with E-state index in [0.29, 0.717) is 19.8 Å². The standard InChI is InChI=1S/C9H17BrO4/c1-4-12-8(11)7(10)9(13-5-2)14-6-3/h7,9H,4-6H2,1-3H3. The maximum absolute atomic E-state index is 11.3.